The summed E-state index contributed by atoms with van der Waals surface area (Å²) in [5.41, 5.74) is 0. The molecule has 1 rings (SSSR count). The number of likely N-dealkylation sites (N-methyl/N-ethyl adjacent to an activating group) is 1. The van der Waals surface area contributed by atoms with Crippen molar-refractivity contribution in [3.05, 3.63) is 0 Å². The molecule has 1 fully saturated rings. The van der Waals surface area contributed by atoms with Crippen LogP contribution in [0.5, 0.6) is 0 Å². The van der Waals surface area contributed by atoms with E-state index in [1.165, 1.54) is 0 Å². The number of sulfonamides is 1. The van der Waals surface area contributed by atoms with Crippen molar-refractivity contribution in [1.82, 2.24) is 14.9 Å². The molecular weight excluding hydrogens is 226 g/mol. The minimum absolute atomic E-state index is 0.0983. The van der Waals surface area contributed by atoms with Gasteiger partial charge in [0, 0.05) is 19.1 Å². The zero-order chi connectivity index (χ0) is 12.0. The summed E-state index contributed by atoms with van der Waals surface area (Å²) < 4.78 is 26.1. The van der Waals surface area contributed by atoms with Gasteiger partial charge < -0.3 is 10.2 Å². The minimum Gasteiger partial charge on any atom is -0.316 e. The Hall–Kier alpha value is -0.170. The maximum Gasteiger partial charge on any atom is 0.213 e. The molecule has 6 heteroatoms. The van der Waals surface area contributed by atoms with Crippen LogP contribution in [0.15, 0.2) is 0 Å². The Balaban J connectivity index is 2.23. The summed E-state index contributed by atoms with van der Waals surface area (Å²) in [5.74, 6) is 0.174. The van der Waals surface area contributed by atoms with E-state index < -0.39 is 10.0 Å². The van der Waals surface area contributed by atoms with E-state index in [0.717, 1.165) is 32.5 Å². The van der Waals surface area contributed by atoms with E-state index in [9.17, 15) is 8.42 Å². The van der Waals surface area contributed by atoms with E-state index >= 15 is 0 Å². The van der Waals surface area contributed by atoms with Gasteiger partial charge in [0.05, 0.1) is 5.75 Å². The Bertz CT molecular complexity index is 292. The molecular formula is C10H23N3O2S. The Morgan fingerprint density at radius 3 is 2.69 bits per heavy atom. The van der Waals surface area contributed by atoms with Gasteiger partial charge in [0.25, 0.3) is 0 Å². The third-order valence-electron chi connectivity index (χ3n) is 2.71. The number of likely N-dealkylation sites (tertiary alicyclic amines) is 1. The van der Waals surface area contributed by atoms with Crippen molar-refractivity contribution < 1.29 is 8.42 Å². The highest BCUT2D eigenvalue weighted by Crippen LogP contribution is 2.07. The second-order valence-corrected chi connectivity index (χ2v) is 6.31. The molecule has 5 nitrogen and oxygen atoms in total. The molecule has 0 spiro atoms. The van der Waals surface area contributed by atoms with Crippen LogP contribution >= 0.6 is 0 Å². The van der Waals surface area contributed by atoms with Gasteiger partial charge in [0.15, 0.2) is 0 Å². The lowest BCUT2D eigenvalue weighted by Crippen LogP contribution is -2.40. The Kier molecular flexibility index (Phi) is 5.68. The first-order valence-electron chi connectivity index (χ1n) is 5.93. The maximum atomic E-state index is 11.7. The molecule has 16 heavy (non-hydrogen) atoms. The first kappa shape index (κ1) is 13.9. The van der Waals surface area contributed by atoms with Crippen LogP contribution in [0, 0.1) is 0 Å². The summed E-state index contributed by atoms with van der Waals surface area (Å²) in [7, 11) is -1.10. The van der Waals surface area contributed by atoms with E-state index in [1.807, 2.05) is 7.05 Å². The molecule has 1 heterocycles. The smallest absolute Gasteiger partial charge is 0.213 e. The lowest BCUT2D eigenvalue weighted by molar-refractivity contribution is 0.407. The van der Waals surface area contributed by atoms with Crippen molar-refractivity contribution in [3.63, 3.8) is 0 Å². The van der Waals surface area contributed by atoms with Crippen molar-refractivity contribution in [1.29, 1.82) is 0 Å². The van der Waals surface area contributed by atoms with E-state index in [1.54, 1.807) is 0 Å². The summed E-state index contributed by atoms with van der Waals surface area (Å²) in [6.07, 6.45) is 1.94. The minimum atomic E-state index is -3.11. The van der Waals surface area contributed by atoms with Crippen LogP contribution in [0.1, 0.15) is 19.8 Å². The second kappa shape index (κ2) is 6.54. The Morgan fingerprint density at radius 1 is 1.38 bits per heavy atom. The molecule has 2 N–H and O–H groups in total. The van der Waals surface area contributed by atoms with Gasteiger partial charge in [-0.2, -0.15) is 0 Å². The maximum absolute atomic E-state index is 11.7. The molecule has 1 aliphatic heterocycles. The topological polar surface area (TPSA) is 61.4 Å². The van der Waals surface area contributed by atoms with Gasteiger partial charge in [0.2, 0.25) is 10.0 Å². The SMILES string of the molecule is CCCNCCS(=O)(=O)NC1CCN(C)C1. The number of hydrogen-bond acceptors (Lipinski definition) is 4. The largest absolute Gasteiger partial charge is 0.316 e. The number of nitrogens with zero attached hydrogens (tertiary/aromatic N) is 1. The summed E-state index contributed by atoms with van der Waals surface area (Å²) in [4.78, 5) is 2.14. The van der Waals surface area contributed by atoms with Crippen molar-refractivity contribution >= 4 is 10.0 Å². The van der Waals surface area contributed by atoms with E-state index in [-0.39, 0.29) is 11.8 Å². The van der Waals surface area contributed by atoms with Crippen molar-refractivity contribution in [2.24, 2.45) is 0 Å². The van der Waals surface area contributed by atoms with Crippen LogP contribution in [0.3, 0.4) is 0 Å². The summed E-state index contributed by atoms with van der Waals surface area (Å²) in [5, 5.41) is 3.10. The van der Waals surface area contributed by atoms with Crippen LogP contribution in [0.2, 0.25) is 0 Å². The molecule has 96 valence electrons. The zero-order valence-corrected chi connectivity index (χ0v) is 11.0. The van der Waals surface area contributed by atoms with Gasteiger partial charge in [-0.25, -0.2) is 13.1 Å². The monoisotopic (exact) mass is 249 g/mol. The van der Waals surface area contributed by atoms with Crippen LogP contribution < -0.4 is 10.0 Å². The van der Waals surface area contributed by atoms with Gasteiger partial charge in [0.1, 0.15) is 0 Å². The summed E-state index contributed by atoms with van der Waals surface area (Å²) in [6, 6.07) is 0.0983. The number of hydrogen-bond donors (Lipinski definition) is 2. The van der Waals surface area contributed by atoms with Gasteiger partial charge in [-0.1, -0.05) is 6.92 Å². The third-order valence-corrected chi connectivity index (χ3v) is 4.15. The number of nitrogens with one attached hydrogen (secondary N) is 2. The van der Waals surface area contributed by atoms with E-state index in [0.29, 0.717) is 6.54 Å². The second-order valence-electron chi connectivity index (χ2n) is 4.43. The zero-order valence-electron chi connectivity index (χ0n) is 10.2. The average molecular weight is 249 g/mol. The summed E-state index contributed by atoms with van der Waals surface area (Å²) >= 11 is 0. The number of rotatable bonds is 7. The molecule has 0 radical (unpaired) electrons. The molecule has 0 amide bonds. The molecule has 1 atom stereocenters. The van der Waals surface area contributed by atoms with Crippen LogP contribution in [0.4, 0.5) is 0 Å². The first-order valence-corrected chi connectivity index (χ1v) is 7.58. The average Bonchev–Trinajstić information content (AvgIpc) is 2.58. The predicted octanol–water partition coefficient (Wildman–Crippen LogP) is -0.390. The normalized spacial score (nSPS) is 22.8. The van der Waals surface area contributed by atoms with Crippen molar-refractivity contribution in [2.45, 2.75) is 25.8 Å². The quantitative estimate of drug-likeness (QED) is 0.603. The molecule has 0 aromatic carbocycles. The Morgan fingerprint density at radius 2 is 2.12 bits per heavy atom. The fourth-order valence-electron chi connectivity index (χ4n) is 1.85. The first-order chi connectivity index (χ1) is 7.53. The fourth-order valence-corrected chi connectivity index (χ4v) is 3.08. The molecule has 0 aromatic heterocycles. The summed E-state index contributed by atoms with van der Waals surface area (Å²) in [6.45, 7) is 5.27. The highest BCUT2D eigenvalue weighted by molar-refractivity contribution is 7.89. The predicted molar refractivity (Wildman–Crippen MR) is 66.0 cm³/mol. The third kappa shape index (κ3) is 5.25. The Labute approximate surface area is 98.6 Å². The lowest BCUT2D eigenvalue weighted by Gasteiger charge is -2.13. The van der Waals surface area contributed by atoms with Crippen molar-refractivity contribution in [3.8, 4) is 0 Å². The molecule has 0 saturated carbocycles. The van der Waals surface area contributed by atoms with E-state index in [2.05, 4.69) is 21.9 Å². The fraction of sp³-hybridized carbons (Fsp3) is 1.00. The van der Waals surface area contributed by atoms with Crippen LogP contribution in [-0.2, 0) is 10.0 Å². The van der Waals surface area contributed by atoms with Gasteiger partial charge in [-0.15, -0.1) is 0 Å². The standard InChI is InChI=1S/C10H23N3O2S/c1-3-5-11-6-8-16(14,15)12-10-4-7-13(2)9-10/h10-12H,3-9H2,1-2H3. The molecule has 0 aromatic rings. The van der Waals surface area contributed by atoms with Crippen molar-refractivity contribution in [2.75, 3.05) is 39.0 Å². The molecule has 1 saturated heterocycles. The van der Waals surface area contributed by atoms with Crippen LogP contribution in [0.25, 0.3) is 0 Å². The molecule has 0 aliphatic carbocycles. The molecule has 0 bridgehead atoms. The van der Waals surface area contributed by atoms with E-state index in [4.69, 9.17) is 0 Å². The van der Waals surface area contributed by atoms with Gasteiger partial charge >= 0.3 is 0 Å². The van der Waals surface area contributed by atoms with Gasteiger partial charge in [-0.05, 0) is 33.0 Å². The van der Waals surface area contributed by atoms with Crippen LogP contribution in [-0.4, -0.2) is 58.3 Å². The highest BCUT2D eigenvalue weighted by Gasteiger charge is 2.23. The van der Waals surface area contributed by atoms with Gasteiger partial charge in [-0.3, -0.25) is 0 Å². The molecule has 1 aliphatic rings. The lowest BCUT2D eigenvalue weighted by atomic mass is 10.3. The highest BCUT2D eigenvalue weighted by atomic mass is 32.2. The molecule has 1 unspecified atom stereocenters.